The second-order valence-electron chi connectivity index (χ2n) is 3.65. The Bertz CT molecular complexity index is 495. The van der Waals surface area contributed by atoms with Gasteiger partial charge < -0.3 is 4.90 Å². The quantitative estimate of drug-likeness (QED) is 0.851. The van der Waals surface area contributed by atoms with Gasteiger partial charge in [-0.1, -0.05) is 6.07 Å². The summed E-state index contributed by atoms with van der Waals surface area (Å²) in [5.41, 5.74) is 0.828. The van der Waals surface area contributed by atoms with Crippen molar-refractivity contribution in [1.29, 1.82) is 0 Å². The average molecular weight is 242 g/mol. The first-order valence-electron chi connectivity index (χ1n) is 4.59. The van der Waals surface area contributed by atoms with Gasteiger partial charge in [-0.2, -0.15) is 0 Å². The van der Waals surface area contributed by atoms with Crippen molar-refractivity contribution in [2.45, 2.75) is 0 Å². The molecule has 0 heterocycles. The van der Waals surface area contributed by atoms with E-state index in [0.29, 0.717) is 11.3 Å². The predicted molar refractivity (Wildman–Crippen MR) is 62.9 cm³/mol. The van der Waals surface area contributed by atoms with Crippen LogP contribution in [0.3, 0.4) is 0 Å². The van der Waals surface area contributed by atoms with Crippen LogP contribution in [0.15, 0.2) is 24.3 Å². The van der Waals surface area contributed by atoms with E-state index in [9.17, 15) is 13.2 Å². The number of anilines is 1. The van der Waals surface area contributed by atoms with Gasteiger partial charge in [0, 0.05) is 25.3 Å². The van der Waals surface area contributed by atoms with Gasteiger partial charge in [-0.15, -0.1) is 0 Å². The Labute approximate surface area is 95.1 Å². The molecule has 0 atom stereocenters. The molecule has 0 saturated carbocycles. The topological polar surface area (TPSA) is 66.5 Å². The van der Waals surface area contributed by atoms with Gasteiger partial charge in [0.05, 0.1) is 6.26 Å². The third-order valence-corrected chi connectivity index (χ3v) is 2.43. The summed E-state index contributed by atoms with van der Waals surface area (Å²) in [6, 6.07) is 6.36. The van der Waals surface area contributed by atoms with Crippen molar-refractivity contribution in [3.05, 3.63) is 29.8 Å². The van der Waals surface area contributed by atoms with Crippen molar-refractivity contribution in [2.24, 2.45) is 0 Å². The zero-order valence-electron chi connectivity index (χ0n) is 9.39. The summed E-state index contributed by atoms with van der Waals surface area (Å²) in [5, 5.41) is 0. The highest BCUT2D eigenvalue weighted by atomic mass is 32.2. The molecule has 0 aliphatic carbocycles. The van der Waals surface area contributed by atoms with E-state index in [-0.39, 0.29) is 5.91 Å². The van der Waals surface area contributed by atoms with Crippen molar-refractivity contribution in [3.8, 4) is 0 Å². The number of rotatable bonds is 3. The Kier molecular flexibility index (Phi) is 3.54. The number of amides is 1. The smallest absolute Gasteiger partial charge is 0.253 e. The number of hydrogen-bond acceptors (Lipinski definition) is 3. The number of carbonyl (C=O) groups is 1. The first-order valence-corrected chi connectivity index (χ1v) is 6.48. The standard InChI is InChI=1S/C10H14N2O3S/c1-12(2)10(13)8-5-4-6-9(7-8)11-16(3,14)15/h4-7,11H,1-3H3. The highest BCUT2D eigenvalue weighted by molar-refractivity contribution is 7.92. The molecule has 0 saturated heterocycles. The summed E-state index contributed by atoms with van der Waals surface area (Å²) < 4.78 is 24.3. The van der Waals surface area contributed by atoms with Crippen molar-refractivity contribution >= 4 is 21.6 Å². The fraction of sp³-hybridized carbons (Fsp3) is 0.300. The molecular weight excluding hydrogens is 228 g/mol. The average Bonchev–Trinajstić information content (AvgIpc) is 2.14. The van der Waals surface area contributed by atoms with E-state index < -0.39 is 10.0 Å². The highest BCUT2D eigenvalue weighted by Gasteiger charge is 2.09. The van der Waals surface area contributed by atoms with Gasteiger partial charge in [0.25, 0.3) is 5.91 Å². The third kappa shape index (κ3) is 3.54. The van der Waals surface area contributed by atoms with Crippen LogP contribution in [-0.4, -0.2) is 39.6 Å². The Morgan fingerprint density at radius 2 is 1.94 bits per heavy atom. The van der Waals surface area contributed by atoms with Crippen LogP contribution in [0.2, 0.25) is 0 Å². The van der Waals surface area contributed by atoms with Crippen LogP contribution in [0, 0.1) is 0 Å². The molecule has 0 bridgehead atoms. The zero-order chi connectivity index (χ0) is 12.3. The van der Waals surface area contributed by atoms with Crippen LogP contribution < -0.4 is 4.72 Å². The van der Waals surface area contributed by atoms with Crippen LogP contribution in [-0.2, 0) is 10.0 Å². The first-order chi connectivity index (χ1) is 7.29. The molecule has 1 aromatic rings. The molecule has 0 aliphatic rings. The molecule has 1 rings (SSSR count). The van der Waals surface area contributed by atoms with Crippen molar-refractivity contribution in [1.82, 2.24) is 4.90 Å². The zero-order valence-corrected chi connectivity index (χ0v) is 10.2. The summed E-state index contributed by atoms with van der Waals surface area (Å²) in [7, 11) is -0.0390. The van der Waals surface area contributed by atoms with Gasteiger partial charge >= 0.3 is 0 Å². The molecule has 1 amide bonds. The van der Waals surface area contributed by atoms with Crippen LogP contribution in [0.4, 0.5) is 5.69 Å². The Morgan fingerprint density at radius 3 is 2.44 bits per heavy atom. The summed E-state index contributed by atoms with van der Waals surface area (Å²) in [6.45, 7) is 0. The Morgan fingerprint density at radius 1 is 1.31 bits per heavy atom. The van der Waals surface area contributed by atoms with E-state index in [1.165, 1.54) is 11.0 Å². The molecule has 0 spiro atoms. The molecule has 0 unspecified atom stereocenters. The van der Waals surface area contributed by atoms with Crippen molar-refractivity contribution in [2.75, 3.05) is 25.1 Å². The molecule has 0 radical (unpaired) electrons. The monoisotopic (exact) mass is 242 g/mol. The number of nitrogens with zero attached hydrogens (tertiary/aromatic N) is 1. The van der Waals surface area contributed by atoms with Crippen LogP contribution in [0.1, 0.15) is 10.4 Å². The van der Waals surface area contributed by atoms with Gasteiger partial charge in [0.15, 0.2) is 0 Å². The molecule has 0 aromatic heterocycles. The summed E-state index contributed by atoms with van der Waals surface area (Å²) >= 11 is 0. The van der Waals surface area contributed by atoms with E-state index in [2.05, 4.69) is 4.72 Å². The molecule has 6 heteroatoms. The van der Waals surface area contributed by atoms with Crippen molar-refractivity contribution < 1.29 is 13.2 Å². The fourth-order valence-electron chi connectivity index (χ4n) is 1.19. The molecule has 16 heavy (non-hydrogen) atoms. The third-order valence-electron chi connectivity index (χ3n) is 1.82. The summed E-state index contributed by atoms with van der Waals surface area (Å²) in [4.78, 5) is 13.0. The number of carbonyl (C=O) groups excluding carboxylic acids is 1. The molecule has 5 nitrogen and oxygen atoms in total. The fourth-order valence-corrected chi connectivity index (χ4v) is 1.74. The maximum Gasteiger partial charge on any atom is 0.253 e. The molecular formula is C10H14N2O3S. The largest absolute Gasteiger partial charge is 0.345 e. The lowest BCUT2D eigenvalue weighted by atomic mass is 10.2. The maximum absolute atomic E-state index is 11.6. The number of hydrogen-bond donors (Lipinski definition) is 1. The maximum atomic E-state index is 11.6. The molecule has 0 fully saturated rings. The lowest BCUT2D eigenvalue weighted by Gasteiger charge is -2.11. The Hall–Kier alpha value is -1.56. The number of nitrogens with one attached hydrogen (secondary N) is 1. The summed E-state index contributed by atoms with van der Waals surface area (Å²) in [5.74, 6) is -0.169. The predicted octanol–water partition coefficient (Wildman–Crippen LogP) is 0.760. The minimum atomic E-state index is -3.31. The molecule has 0 aliphatic heterocycles. The minimum absolute atomic E-state index is 0.169. The normalized spacial score (nSPS) is 10.9. The minimum Gasteiger partial charge on any atom is -0.345 e. The molecule has 1 aromatic carbocycles. The Balaban J connectivity index is 3.00. The van der Waals surface area contributed by atoms with E-state index in [4.69, 9.17) is 0 Å². The van der Waals surface area contributed by atoms with Gasteiger partial charge in [0.2, 0.25) is 10.0 Å². The van der Waals surface area contributed by atoms with Crippen LogP contribution in [0.5, 0.6) is 0 Å². The lowest BCUT2D eigenvalue weighted by molar-refractivity contribution is 0.0827. The SMILES string of the molecule is CN(C)C(=O)c1cccc(NS(C)(=O)=O)c1. The highest BCUT2D eigenvalue weighted by Crippen LogP contribution is 2.12. The van der Waals surface area contributed by atoms with E-state index >= 15 is 0 Å². The number of benzene rings is 1. The summed E-state index contributed by atoms with van der Waals surface area (Å²) in [6.07, 6.45) is 1.06. The van der Waals surface area contributed by atoms with Gasteiger partial charge in [-0.05, 0) is 18.2 Å². The van der Waals surface area contributed by atoms with E-state index in [1.807, 2.05) is 0 Å². The molecule has 88 valence electrons. The van der Waals surface area contributed by atoms with E-state index in [0.717, 1.165) is 6.26 Å². The number of sulfonamides is 1. The first kappa shape index (κ1) is 12.5. The van der Waals surface area contributed by atoms with Crippen LogP contribution in [0.25, 0.3) is 0 Å². The lowest BCUT2D eigenvalue weighted by Crippen LogP contribution is -2.21. The van der Waals surface area contributed by atoms with Crippen LogP contribution >= 0.6 is 0 Å². The van der Waals surface area contributed by atoms with Gasteiger partial charge in [-0.25, -0.2) is 8.42 Å². The van der Waals surface area contributed by atoms with Gasteiger partial charge in [0.1, 0.15) is 0 Å². The second-order valence-corrected chi connectivity index (χ2v) is 5.40. The molecule has 1 N–H and O–H groups in total. The van der Waals surface area contributed by atoms with E-state index in [1.54, 1.807) is 32.3 Å². The van der Waals surface area contributed by atoms with Crippen molar-refractivity contribution in [3.63, 3.8) is 0 Å². The van der Waals surface area contributed by atoms with Gasteiger partial charge in [-0.3, -0.25) is 9.52 Å². The second kappa shape index (κ2) is 4.52.